The molecule has 6 N–H and O–H groups in total. The Balaban J connectivity index is 4.21. The molecule has 2 unspecified atom stereocenters. The van der Waals surface area contributed by atoms with Crippen molar-refractivity contribution in [1.29, 1.82) is 0 Å². The summed E-state index contributed by atoms with van der Waals surface area (Å²) < 4.78 is 0. The van der Waals surface area contributed by atoms with Crippen molar-refractivity contribution in [2.24, 2.45) is 5.73 Å². The van der Waals surface area contributed by atoms with Crippen LogP contribution in [0.5, 0.6) is 0 Å². The molecule has 8 nitrogen and oxygen atoms in total. The number of carbonyl (C=O) groups excluding carboxylic acids is 1. The number of rotatable bonds is 9. The second kappa shape index (κ2) is 9.50. The van der Waals surface area contributed by atoms with Gasteiger partial charge in [0, 0.05) is 12.2 Å². The third-order valence-corrected chi connectivity index (χ3v) is 3.04. The maximum atomic E-state index is 11.6. The van der Waals surface area contributed by atoms with Gasteiger partial charge < -0.3 is 26.6 Å². The van der Waals surface area contributed by atoms with Crippen molar-refractivity contribution in [3.8, 4) is 0 Å². The second-order valence-electron chi connectivity index (χ2n) is 3.90. The summed E-state index contributed by atoms with van der Waals surface area (Å²) in [6.07, 6.45) is -0.0743. The first-order chi connectivity index (χ1) is 9.27. The van der Waals surface area contributed by atoms with Crippen molar-refractivity contribution in [3.63, 3.8) is 0 Å². The Bertz CT molecular complexity index is 391. The monoisotopic (exact) mass is 323 g/mol. The van der Waals surface area contributed by atoms with Gasteiger partial charge in [0.15, 0.2) is 0 Å². The average molecular weight is 323 g/mol. The molecule has 2 atom stereocenters. The highest BCUT2D eigenvalue weighted by Crippen LogP contribution is 1.98. The highest BCUT2D eigenvalue weighted by Gasteiger charge is 2.18. The summed E-state index contributed by atoms with van der Waals surface area (Å²) in [5, 5.41) is 22.1. The van der Waals surface area contributed by atoms with Gasteiger partial charge in [0.2, 0.25) is 5.91 Å². The minimum Gasteiger partial charge on any atom is -0.480 e. The SMILES string of the molecule is NC(CCC(=O)NC(CS)C(=S)NCC(=O)O)C(=O)O. The number of amides is 1. The molecule has 114 valence electrons. The molecule has 0 aliphatic rings. The number of carbonyl (C=O) groups is 3. The Morgan fingerprint density at radius 1 is 1.30 bits per heavy atom. The normalized spacial score (nSPS) is 13.1. The van der Waals surface area contributed by atoms with E-state index >= 15 is 0 Å². The molecular weight excluding hydrogens is 306 g/mol. The summed E-state index contributed by atoms with van der Waals surface area (Å²) >= 11 is 8.94. The summed E-state index contributed by atoms with van der Waals surface area (Å²) in [6.45, 7) is -0.358. The van der Waals surface area contributed by atoms with Gasteiger partial charge >= 0.3 is 11.9 Å². The van der Waals surface area contributed by atoms with Crippen LogP contribution in [0.2, 0.25) is 0 Å². The Hall–Kier alpha value is -1.39. The van der Waals surface area contributed by atoms with Crippen molar-refractivity contribution in [1.82, 2.24) is 10.6 Å². The van der Waals surface area contributed by atoms with Gasteiger partial charge in [-0.15, -0.1) is 0 Å². The summed E-state index contributed by atoms with van der Waals surface area (Å²) in [4.78, 5) is 32.6. The molecule has 10 heteroatoms. The molecule has 0 heterocycles. The molecule has 1 amide bonds. The average Bonchev–Trinajstić information content (AvgIpc) is 2.38. The third-order valence-electron chi connectivity index (χ3n) is 2.25. The van der Waals surface area contributed by atoms with Gasteiger partial charge in [-0.2, -0.15) is 12.6 Å². The zero-order valence-electron chi connectivity index (χ0n) is 10.5. The molecule has 0 spiro atoms. The zero-order chi connectivity index (χ0) is 15.7. The molecule has 0 aromatic carbocycles. The fourth-order valence-corrected chi connectivity index (χ4v) is 1.77. The van der Waals surface area contributed by atoms with Crippen LogP contribution in [0.4, 0.5) is 0 Å². The lowest BCUT2D eigenvalue weighted by molar-refractivity contribution is -0.139. The number of thiol groups is 1. The topological polar surface area (TPSA) is 142 Å². The predicted octanol–water partition coefficient (Wildman–Crippen LogP) is -1.41. The van der Waals surface area contributed by atoms with Crippen LogP contribution in [0.3, 0.4) is 0 Å². The summed E-state index contributed by atoms with van der Waals surface area (Å²) in [6, 6.07) is -1.73. The van der Waals surface area contributed by atoms with Gasteiger partial charge in [-0.25, -0.2) is 0 Å². The first-order valence-corrected chi connectivity index (χ1v) is 6.70. The minimum atomic E-state index is -1.18. The molecule has 0 bridgehead atoms. The van der Waals surface area contributed by atoms with Crippen LogP contribution < -0.4 is 16.4 Å². The summed E-state index contributed by atoms with van der Waals surface area (Å²) in [5.74, 6) is -2.51. The van der Waals surface area contributed by atoms with E-state index in [9.17, 15) is 14.4 Å². The summed E-state index contributed by atoms with van der Waals surface area (Å²) in [7, 11) is 0. The Labute approximate surface area is 126 Å². The number of hydrogen-bond acceptors (Lipinski definition) is 6. The Morgan fingerprint density at radius 3 is 2.35 bits per heavy atom. The lowest BCUT2D eigenvalue weighted by atomic mass is 10.1. The van der Waals surface area contributed by atoms with Crippen LogP contribution in [-0.4, -0.2) is 57.4 Å². The lowest BCUT2D eigenvalue weighted by Gasteiger charge is -2.18. The maximum Gasteiger partial charge on any atom is 0.322 e. The lowest BCUT2D eigenvalue weighted by Crippen LogP contribution is -2.48. The largest absolute Gasteiger partial charge is 0.480 e. The van der Waals surface area contributed by atoms with E-state index in [1.165, 1.54) is 0 Å². The van der Waals surface area contributed by atoms with E-state index in [-0.39, 0.29) is 30.1 Å². The number of nitrogens with two attached hydrogens (primary N) is 1. The van der Waals surface area contributed by atoms with Gasteiger partial charge in [0.25, 0.3) is 0 Å². The van der Waals surface area contributed by atoms with Crippen LogP contribution in [0.25, 0.3) is 0 Å². The third kappa shape index (κ3) is 7.92. The maximum absolute atomic E-state index is 11.6. The van der Waals surface area contributed by atoms with Crippen molar-refractivity contribution in [2.75, 3.05) is 12.3 Å². The van der Waals surface area contributed by atoms with E-state index in [1.54, 1.807) is 0 Å². The number of thiocarbonyl (C=S) groups is 1. The van der Waals surface area contributed by atoms with Gasteiger partial charge in [0.05, 0.1) is 11.0 Å². The molecule has 0 rings (SSSR count). The second-order valence-corrected chi connectivity index (χ2v) is 4.70. The molecule has 0 saturated carbocycles. The van der Waals surface area contributed by atoms with Gasteiger partial charge in [0.1, 0.15) is 12.6 Å². The Morgan fingerprint density at radius 2 is 1.90 bits per heavy atom. The number of hydrogen-bond donors (Lipinski definition) is 6. The van der Waals surface area contributed by atoms with Crippen LogP contribution in [0.15, 0.2) is 0 Å². The Kier molecular flexibility index (Phi) is 8.84. The molecule has 0 aliphatic heterocycles. The fourth-order valence-electron chi connectivity index (χ4n) is 1.16. The molecular formula is C10H17N3O5S2. The fraction of sp³-hybridized carbons (Fsp3) is 0.600. The van der Waals surface area contributed by atoms with Crippen molar-refractivity contribution < 1.29 is 24.6 Å². The van der Waals surface area contributed by atoms with E-state index in [2.05, 4.69) is 23.3 Å². The van der Waals surface area contributed by atoms with E-state index in [0.29, 0.717) is 0 Å². The highest BCUT2D eigenvalue weighted by molar-refractivity contribution is 7.81. The van der Waals surface area contributed by atoms with Crippen molar-refractivity contribution >= 4 is 47.7 Å². The molecule has 0 aromatic heterocycles. The molecule has 0 saturated heterocycles. The van der Waals surface area contributed by atoms with Crippen LogP contribution in [0.1, 0.15) is 12.8 Å². The molecule has 0 fully saturated rings. The molecule has 20 heavy (non-hydrogen) atoms. The van der Waals surface area contributed by atoms with E-state index < -0.39 is 29.9 Å². The first kappa shape index (κ1) is 18.6. The van der Waals surface area contributed by atoms with Gasteiger partial charge in [-0.3, -0.25) is 14.4 Å². The standard InChI is InChI=1S/C10H17N3O5S2/c11-5(10(17)18)1-2-7(14)13-6(4-19)9(20)12-3-8(15)16/h5-6,19H,1-4,11H2,(H,12,20)(H,13,14)(H,15,16)(H,17,18). The van der Waals surface area contributed by atoms with Crippen LogP contribution in [-0.2, 0) is 14.4 Å². The molecule has 0 aliphatic carbocycles. The number of carboxylic acids is 2. The van der Waals surface area contributed by atoms with E-state index in [0.717, 1.165) is 0 Å². The van der Waals surface area contributed by atoms with Gasteiger partial charge in [-0.05, 0) is 6.42 Å². The predicted molar refractivity (Wildman–Crippen MR) is 78.9 cm³/mol. The molecule has 0 aromatic rings. The van der Waals surface area contributed by atoms with Crippen LogP contribution in [0, 0.1) is 0 Å². The quantitative estimate of drug-likeness (QED) is 0.225. The number of carboxylic acid groups (broad SMARTS) is 2. The van der Waals surface area contributed by atoms with Crippen molar-refractivity contribution in [2.45, 2.75) is 24.9 Å². The van der Waals surface area contributed by atoms with E-state index in [1.807, 2.05) is 0 Å². The summed E-state index contributed by atoms with van der Waals surface area (Å²) in [5.41, 5.74) is 5.27. The number of nitrogens with one attached hydrogen (secondary N) is 2. The highest BCUT2D eigenvalue weighted by atomic mass is 32.1. The zero-order valence-corrected chi connectivity index (χ0v) is 12.2. The number of aliphatic carboxylic acids is 2. The van der Waals surface area contributed by atoms with Crippen LogP contribution >= 0.6 is 24.8 Å². The van der Waals surface area contributed by atoms with Gasteiger partial charge in [-0.1, -0.05) is 12.2 Å². The molecule has 0 radical (unpaired) electrons. The first-order valence-electron chi connectivity index (χ1n) is 5.66. The van der Waals surface area contributed by atoms with Crippen molar-refractivity contribution in [3.05, 3.63) is 0 Å². The van der Waals surface area contributed by atoms with E-state index in [4.69, 9.17) is 28.2 Å². The minimum absolute atomic E-state index is 0.00419. The smallest absolute Gasteiger partial charge is 0.322 e.